The molecule has 1 saturated heterocycles. The number of nitrogens with two attached hydrogens (primary N) is 1. The number of halogens is 1. The molecule has 4 atom stereocenters. The summed E-state index contributed by atoms with van der Waals surface area (Å²) in [6, 6.07) is 1.91. The van der Waals surface area contributed by atoms with E-state index in [0.29, 0.717) is 17.8 Å². The molecule has 7 heteroatoms. The van der Waals surface area contributed by atoms with Gasteiger partial charge in [-0.3, -0.25) is 9.80 Å². The number of nitrogens with one attached hydrogen (secondary N) is 1. The largest absolute Gasteiger partial charge is 0.328 e. The van der Waals surface area contributed by atoms with Gasteiger partial charge in [-0.15, -0.1) is 0 Å². The molecule has 2 unspecified atom stereocenters. The summed E-state index contributed by atoms with van der Waals surface area (Å²) in [5, 5.41) is 9.42. The van der Waals surface area contributed by atoms with Gasteiger partial charge in [0, 0.05) is 36.2 Å². The number of anilines is 1. The molecule has 0 aromatic carbocycles. The molecule has 0 radical (unpaired) electrons. The van der Waals surface area contributed by atoms with Crippen LogP contribution in [0.5, 0.6) is 0 Å². The quantitative estimate of drug-likeness (QED) is 0.853. The minimum Gasteiger partial charge on any atom is -0.328 e. The van der Waals surface area contributed by atoms with Crippen molar-refractivity contribution in [2.75, 3.05) is 11.9 Å². The molecule has 1 saturated carbocycles. The lowest BCUT2D eigenvalue weighted by molar-refractivity contribution is -0.120. The lowest BCUT2D eigenvalue weighted by Gasteiger charge is -2.25. The Balaban J connectivity index is 1.51. The highest BCUT2D eigenvalue weighted by Crippen LogP contribution is 2.43. The van der Waals surface area contributed by atoms with Crippen LogP contribution < -0.4 is 11.1 Å². The lowest BCUT2D eigenvalue weighted by Crippen LogP contribution is -2.34. The van der Waals surface area contributed by atoms with Crippen LogP contribution in [0.3, 0.4) is 0 Å². The predicted octanol–water partition coefficient (Wildman–Crippen LogP) is 2.86. The Morgan fingerprint density at radius 3 is 3.00 bits per heavy atom. The second-order valence-electron chi connectivity index (χ2n) is 9.03. The Morgan fingerprint density at radius 2 is 2.22 bits per heavy atom. The van der Waals surface area contributed by atoms with Crippen LogP contribution in [0.1, 0.15) is 57.4 Å². The Morgan fingerprint density at radius 1 is 1.41 bits per heavy atom. The van der Waals surface area contributed by atoms with Gasteiger partial charge in [0.1, 0.15) is 11.6 Å². The maximum absolute atomic E-state index is 14.5. The number of fused-ring (bicyclic) bond motifs is 1. The minimum atomic E-state index is -0.351. The number of carbonyl (C=O) groups excluding carboxylic acids is 1. The van der Waals surface area contributed by atoms with Crippen molar-refractivity contribution in [2.45, 2.75) is 64.0 Å². The predicted molar refractivity (Wildman–Crippen MR) is 103 cm³/mol. The third-order valence-corrected chi connectivity index (χ3v) is 6.11. The van der Waals surface area contributed by atoms with Gasteiger partial charge in [-0.25, -0.2) is 9.37 Å². The Kier molecular flexibility index (Phi) is 4.66. The number of amides is 1. The molecular weight excluding hydrogens is 345 g/mol. The molecule has 27 heavy (non-hydrogen) atoms. The molecule has 0 spiro atoms. The molecule has 2 aliphatic heterocycles. The van der Waals surface area contributed by atoms with Crippen LogP contribution in [-0.4, -0.2) is 40.7 Å². The van der Waals surface area contributed by atoms with E-state index in [-0.39, 0.29) is 41.1 Å². The van der Waals surface area contributed by atoms with Gasteiger partial charge in [-0.2, -0.15) is 5.10 Å². The molecule has 2 fully saturated rings. The number of hydrogen-bond acceptors (Lipinski definition) is 5. The van der Waals surface area contributed by atoms with Crippen molar-refractivity contribution in [1.82, 2.24) is 9.99 Å². The lowest BCUT2D eigenvalue weighted by atomic mass is 9.84. The van der Waals surface area contributed by atoms with Crippen LogP contribution in [0.15, 0.2) is 17.4 Å². The summed E-state index contributed by atoms with van der Waals surface area (Å²) in [6.45, 7) is 5.30. The van der Waals surface area contributed by atoms with E-state index in [1.54, 1.807) is 6.07 Å². The van der Waals surface area contributed by atoms with E-state index in [0.717, 1.165) is 32.2 Å². The van der Waals surface area contributed by atoms with Gasteiger partial charge < -0.3 is 11.1 Å². The van der Waals surface area contributed by atoms with E-state index >= 15 is 0 Å². The SMILES string of the molecule is CC1(C)CC2C(c3cc(NC(=O)[C@@H]4CCC[C@@H](N)C4)ncc3F)C=NN2C1. The Labute approximate surface area is 159 Å². The fourth-order valence-corrected chi connectivity index (χ4v) is 4.75. The fraction of sp³-hybridized carbons (Fsp3) is 0.650. The molecule has 3 aliphatic rings. The van der Waals surface area contributed by atoms with Crippen molar-refractivity contribution in [3.05, 3.63) is 23.6 Å². The number of hydrogen-bond donors (Lipinski definition) is 2. The normalized spacial score (nSPS) is 31.8. The maximum atomic E-state index is 14.5. The molecule has 1 aromatic rings. The summed E-state index contributed by atoms with van der Waals surface area (Å²) < 4.78 is 14.5. The van der Waals surface area contributed by atoms with Crippen LogP contribution in [0, 0.1) is 17.2 Å². The van der Waals surface area contributed by atoms with E-state index < -0.39 is 0 Å². The standard InChI is InChI=1S/C20H28FN5O/c1-20(2)8-17-15(9-24-26(17)11-20)14-7-18(23-10-16(14)21)25-19(27)12-4-3-5-13(22)6-12/h7,9-10,12-13,15,17H,3-6,8,11,22H2,1-2H3,(H,23,25,27)/t12-,13-,15?,17?/m1/s1. The summed E-state index contributed by atoms with van der Waals surface area (Å²) in [4.78, 5) is 16.6. The zero-order valence-electron chi connectivity index (χ0n) is 16.0. The fourth-order valence-electron chi connectivity index (χ4n) is 4.75. The second kappa shape index (κ2) is 6.86. The van der Waals surface area contributed by atoms with Crippen LogP contribution in [0.2, 0.25) is 0 Å². The van der Waals surface area contributed by atoms with Crippen molar-refractivity contribution >= 4 is 17.9 Å². The Bertz CT molecular complexity index is 765. The van der Waals surface area contributed by atoms with E-state index in [1.807, 2.05) is 6.21 Å². The first-order valence-corrected chi connectivity index (χ1v) is 9.85. The average molecular weight is 373 g/mol. The molecule has 0 bridgehead atoms. The van der Waals surface area contributed by atoms with Crippen LogP contribution in [0.4, 0.5) is 10.2 Å². The second-order valence-corrected chi connectivity index (χ2v) is 9.03. The summed E-state index contributed by atoms with van der Waals surface area (Å²) in [5.41, 5.74) is 6.71. The van der Waals surface area contributed by atoms with E-state index in [1.165, 1.54) is 6.20 Å². The monoisotopic (exact) mass is 373 g/mol. The molecular formula is C20H28FN5O. The summed E-state index contributed by atoms with van der Waals surface area (Å²) in [7, 11) is 0. The van der Waals surface area contributed by atoms with Crippen LogP contribution in [-0.2, 0) is 4.79 Å². The maximum Gasteiger partial charge on any atom is 0.228 e. The first kappa shape index (κ1) is 18.3. The molecule has 1 amide bonds. The number of rotatable bonds is 3. The third-order valence-electron chi connectivity index (χ3n) is 6.11. The number of pyridine rings is 1. The van der Waals surface area contributed by atoms with E-state index in [9.17, 15) is 9.18 Å². The number of nitrogens with zero attached hydrogens (tertiary/aromatic N) is 3. The molecule has 3 heterocycles. The van der Waals surface area contributed by atoms with Gasteiger partial charge in [0.25, 0.3) is 0 Å². The molecule has 1 aliphatic carbocycles. The van der Waals surface area contributed by atoms with Crippen molar-refractivity contribution < 1.29 is 9.18 Å². The van der Waals surface area contributed by atoms with Crippen molar-refractivity contribution in [3.8, 4) is 0 Å². The zero-order chi connectivity index (χ0) is 19.2. The number of hydrazone groups is 1. The topological polar surface area (TPSA) is 83.6 Å². The highest BCUT2D eigenvalue weighted by molar-refractivity contribution is 5.92. The summed E-state index contributed by atoms with van der Waals surface area (Å²) in [5.74, 6) is -0.231. The van der Waals surface area contributed by atoms with Gasteiger partial charge in [-0.05, 0) is 37.2 Å². The number of carbonyl (C=O) groups is 1. The van der Waals surface area contributed by atoms with Gasteiger partial charge in [0.2, 0.25) is 5.91 Å². The first-order chi connectivity index (χ1) is 12.8. The van der Waals surface area contributed by atoms with Gasteiger partial charge >= 0.3 is 0 Å². The van der Waals surface area contributed by atoms with Crippen molar-refractivity contribution in [3.63, 3.8) is 0 Å². The first-order valence-electron chi connectivity index (χ1n) is 9.85. The zero-order valence-corrected chi connectivity index (χ0v) is 16.0. The molecule has 6 nitrogen and oxygen atoms in total. The van der Waals surface area contributed by atoms with Crippen LogP contribution in [0.25, 0.3) is 0 Å². The van der Waals surface area contributed by atoms with E-state index in [4.69, 9.17) is 5.73 Å². The highest BCUT2D eigenvalue weighted by Gasteiger charge is 2.44. The number of aromatic nitrogens is 1. The summed E-state index contributed by atoms with van der Waals surface area (Å²) in [6.07, 6.45) is 7.46. The molecule has 3 N–H and O–H groups in total. The molecule has 4 rings (SSSR count). The van der Waals surface area contributed by atoms with Crippen LogP contribution >= 0.6 is 0 Å². The van der Waals surface area contributed by atoms with Gasteiger partial charge in [-0.1, -0.05) is 20.3 Å². The molecule has 1 aromatic heterocycles. The van der Waals surface area contributed by atoms with Gasteiger partial charge in [0.05, 0.1) is 12.2 Å². The minimum absolute atomic E-state index is 0.0704. The van der Waals surface area contributed by atoms with Crippen molar-refractivity contribution in [2.24, 2.45) is 22.2 Å². The average Bonchev–Trinajstić information content (AvgIpc) is 3.11. The summed E-state index contributed by atoms with van der Waals surface area (Å²) >= 11 is 0. The smallest absolute Gasteiger partial charge is 0.228 e. The van der Waals surface area contributed by atoms with Gasteiger partial charge in [0.15, 0.2) is 0 Å². The highest BCUT2D eigenvalue weighted by atomic mass is 19.1. The van der Waals surface area contributed by atoms with Crippen molar-refractivity contribution in [1.29, 1.82) is 0 Å². The van der Waals surface area contributed by atoms with E-state index in [2.05, 4.69) is 34.3 Å². The third kappa shape index (κ3) is 3.70. The molecule has 146 valence electrons. The Hall–Kier alpha value is -2.02.